The second-order valence-electron chi connectivity index (χ2n) is 7.60. The van der Waals surface area contributed by atoms with Gasteiger partial charge in [0.05, 0.1) is 14.2 Å². The predicted molar refractivity (Wildman–Crippen MR) is 113 cm³/mol. The van der Waals surface area contributed by atoms with E-state index in [1.807, 2.05) is 6.07 Å². The van der Waals surface area contributed by atoms with Gasteiger partial charge in [-0.25, -0.2) is 9.59 Å². The summed E-state index contributed by atoms with van der Waals surface area (Å²) in [6, 6.07) is 6.47. The largest absolute Gasteiger partial charge is 0.480 e. The number of aliphatic carboxylic acids is 1. The topological polar surface area (TPSA) is 149 Å². The highest BCUT2D eigenvalue weighted by atomic mass is 16.6. The minimum Gasteiger partial charge on any atom is -0.480 e. The molecule has 1 fully saturated rings. The average molecular weight is 464 g/mol. The summed E-state index contributed by atoms with van der Waals surface area (Å²) in [5.74, 6) is -6.89. The van der Waals surface area contributed by atoms with Crippen LogP contribution in [0.5, 0.6) is 0 Å². The van der Waals surface area contributed by atoms with Gasteiger partial charge in [-0.05, 0) is 18.4 Å². The Morgan fingerprint density at radius 2 is 1.70 bits per heavy atom. The third-order valence-electron chi connectivity index (χ3n) is 5.52. The summed E-state index contributed by atoms with van der Waals surface area (Å²) in [5.41, 5.74) is 0.780. The highest BCUT2D eigenvalue weighted by Crippen LogP contribution is 2.23. The van der Waals surface area contributed by atoms with E-state index < -0.39 is 53.8 Å². The molecule has 2 rings (SSSR count). The van der Waals surface area contributed by atoms with Gasteiger partial charge in [0.25, 0.3) is 0 Å². The first kappa shape index (κ1) is 25.6. The molecule has 0 spiro atoms. The molecule has 1 saturated heterocycles. The van der Waals surface area contributed by atoms with Crippen molar-refractivity contribution in [3.8, 4) is 0 Å². The molecule has 1 heterocycles. The van der Waals surface area contributed by atoms with Crippen LogP contribution in [0.4, 0.5) is 4.79 Å². The van der Waals surface area contributed by atoms with E-state index in [-0.39, 0.29) is 13.2 Å². The number of likely N-dealkylation sites (tertiary alicyclic amines) is 1. The van der Waals surface area contributed by atoms with E-state index in [2.05, 4.69) is 14.8 Å². The Labute approximate surface area is 191 Å². The highest BCUT2D eigenvalue weighted by molar-refractivity contribution is 5.96. The van der Waals surface area contributed by atoms with Gasteiger partial charge in [0.15, 0.2) is 5.92 Å². The number of hydrogen-bond acceptors (Lipinski definition) is 8. The van der Waals surface area contributed by atoms with Crippen molar-refractivity contribution in [3.05, 3.63) is 35.9 Å². The number of methoxy groups -OCH3 is 2. The molecule has 0 radical (unpaired) electrons. The molecule has 33 heavy (non-hydrogen) atoms. The molecule has 0 bridgehead atoms. The molecule has 1 aromatic rings. The number of esters is 2. The number of rotatable bonds is 9. The molecule has 1 aliphatic rings. The summed E-state index contributed by atoms with van der Waals surface area (Å²) in [5, 5.41) is 12.0. The molecule has 0 unspecified atom stereocenters. The highest BCUT2D eigenvalue weighted by Gasteiger charge is 2.44. The van der Waals surface area contributed by atoms with Crippen molar-refractivity contribution in [2.24, 2.45) is 11.8 Å². The van der Waals surface area contributed by atoms with Crippen LogP contribution in [-0.4, -0.2) is 72.8 Å². The van der Waals surface area contributed by atoms with Crippen LogP contribution in [0.25, 0.3) is 0 Å². The van der Waals surface area contributed by atoms with Crippen molar-refractivity contribution in [2.45, 2.75) is 38.5 Å². The minimum absolute atomic E-state index is 0.0270. The zero-order chi connectivity index (χ0) is 24.5. The fourth-order valence-electron chi connectivity index (χ4n) is 3.70. The van der Waals surface area contributed by atoms with Crippen molar-refractivity contribution >= 4 is 29.9 Å². The van der Waals surface area contributed by atoms with Gasteiger partial charge < -0.3 is 24.6 Å². The number of hydrogen-bond donors (Lipinski definition) is 2. The number of amides is 2. The van der Waals surface area contributed by atoms with E-state index in [4.69, 9.17) is 4.74 Å². The van der Waals surface area contributed by atoms with Gasteiger partial charge in [-0.2, -0.15) is 0 Å². The van der Waals surface area contributed by atoms with Crippen LogP contribution in [-0.2, 0) is 40.0 Å². The van der Waals surface area contributed by atoms with Crippen LogP contribution in [0.2, 0.25) is 0 Å². The lowest BCUT2D eigenvalue weighted by Gasteiger charge is -2.29. The number of carbonyl (C=O) groups is 5. The molecule has 3 atom stereocenters. The molecule has 2 N–H and O–H groups in total. The maximum absolute atomic E-state index is 12.9. The lowest BCUT2D eigenvalue weighted by molar-refractivity contribution is -0.163. The number of benzene rings is 1. The Morgan fingerprint density at radius 1 is 1.09 bits per heavy atom. The lowest BCUT2D eigenvalue weighted by atomic mass is 9.87. The standard InChI is InChI=1S/C22H28N2O9/c1-13(16(20(28)31-2)21(29)32-3)17(19(26)27)23-18(25)15-10-7-11-24(15)22(30)33-12-14-8-5-4-6-9-14/h4-6,8-9,13,15-17H,7,10-12H2,1-3H3,(H,23,25)(H,26,27)/t13-,15-,17-/m1/s1. The maximum atomic E-state index is 12.9. The Morgan fingerprint density at radius 3 is 2.24 bits per heavy atom. The quantitative estimate of drug-likeness (QED) is 0.309. The van der Waals surface area contributed by atoms with Crippen molar-refractivity contribution in [1.29, 1.82) is 0 Å². The molecule has 0 aliphatic carbocycles. The smallest absolute Gasteiger partial charge is 0.410 e. The number of ether oxygens (including phenoxy) is 3. The van der Waals surface area contributed by atoms with Gasteiger partial charge >= 0.3 is 24.0 Å². The van der Waals surface area contributed by atoms with E-state index in [1.54, 1.807) is 24.3 Å². The van der Waals surface area contributed by atoms with Crippen LogP contribution >= 0.6 is 0 Å². The first-order chi connectivity index (χ1) is 15.7. The Balaban J connectivity index is 2.10. The van der Waals surface area contributed by atoms with E-state index in [9.17, 15) is 29.1 Å². The van der Waals surface area contributed by atoms with Crippen LogP contribution < -0.4 is 5.32 Å². The molecular formula is C22H28N2O9. The lowest BCUT2D eigenvalue weighted by Crippen LogP contribution is -2.55. The number of nitrogens with one attached hydrogen (secondary N) is 1. The fraction of sp³-hybridized carbons (Fsp3) is 0.500. The SMILES string of the molecule is COC(=O)C(C(=O)OC)[C@@H](C)[C@@H](NC(=O)[C@H]1CCCN1C(=O)OCc1ccccc1)C(=O)O. The molecule has 1 aliphatic heterocycles. The van der Waals surface area contributed by atoms with Crippen molar-refractivity contribution in [1.82, 2.24) is 10.2 Å². The van der Waals surface area contributed by atoms with Gasteiger partial charge in [0.1, 0.15) is 18.7 Å². The van der Waals surface area contributed by atoms with E-state index in [0.717, 1.165) is 19.8 Å². The fourth-order valence-corrected chi connectivity index (χ4v) is 3.70. The van der Waals surface area contributed by atoms with Gasteiger partial charge in [0.2, 0.25) is 5.91 Å². The molecule has 11 nitrogen and oxygen atoms in total. The summed E-state index contributed by atoms with van der Waals surface area (Å²) in [6.07, 6.45) is 0.141. The molecule has 180 valence electrons. The first-order valence-corrected chi connectivity index (χ1v) is 10.4. The summed E-state index contributed by atoms with van der Waals surface area (Å²) < 4.78 is 14.5. The van der Waals surface area contributed by atoms with Gasteiger partial charge in [-0.3, -0.25) is 19.3 Å². The molecule has 1 aromatic carbocycles. The van der Waals surface area contributed by atoms with E-state index in [1.165, 1.54) is 11.8 Å². The van der Waals surface area contributed by atoms with E-state index >= 15 is 0 Å². The van der Waals surface area contributed by atoms with Gasteiger partial charge in [0, 0.05) is 12.5 Å². The van der Waals surface area contributed by atoms with Crippen molar-refractivity contribution < 1.29 is 43.3 Å². The van der Waals surface area contributed by atoms with Gasteiger partial charge in [-0.1, -0.05) is 37.3 Å². The first-order valence-electron chi connectivity index (χ1n) is 10.4. The number of nitrogens with zero attached hydrogens (tertiary/aromatic N) is 1. The third-order valence-corrected chi connectivity index (χ3v) is 5.52. The second kappa shape index (κ2) is 11.8. The number of carboxylic acid groups (broad SMARTS) is 1. The normalized spacial score (nSPS) is 17.1. The van der Waals surface area contributed by atoms with Crippen molar-refractivity contribution in [3.63, 3.8) is 0 Å². The Kier molecular flexibility index (Phi) is 9.19. The summed E-state index contributed by atoms with van der Waals surface area (Å²) in [7, 11) is 2.10. The zero-order valence-electron chi connectivity index (χ0n) is 18.7. The Hall–Kier alpha value is -3.63. The second-order valence-corrected chi connectivity index (χ2v) is 7.60. The molecular weight excluding hydrogens is 436 g/mol. The monoisotopic (exact) mass is 464 g/mol. The predicted octanol–water partition coefficient (Wildman–Crippen LogP) is 0.955. The molecule has 0 saturated carbocycles. The molecule has 11 heteroatoms. The van der Waals surface area contributed by atoms with E-state index in [0.29, 0.717) is 12.8 Å². The van der Waals surface area contributed by atoms with Crippen LogP contribution in [0.15, 0.2) is 30.3 Å². The van der Waals surface area contributed by atoms with Crippen LogP contribution in [0.3, 0.4) is 0 Å². The number of carbonyl (C=O) groups excluding carboxylic acids is 4. The van der Waals surface area contributed by atoms with Crippen LogP contribution in [0.1, 0.15) is 25.3 Å². The average Bonchev–Trinajstić information content (AvgIpc) is 3.31. The summed E-state index contributed by atoms with van der Waals surface area (Å²) in [4.78, 5) is 62.6. The zero-order valence-corrected chi connectivity index (χ0v) is 18.7. The number of carboxylic acids is 1. The van der Waals surface area contributed by atoms with Crippen molar-refractivity contribution in [2.75, 3.05) is 20.8 Å². The molecule has 2 amide bonds. The third kappa shape index (κ3) is 6.43. The van der Waals surface area contributed by atoms with Crippen LogP contribution in [0, 0.1) is 11.8 Å². The minimum atomic E-state index is -1.61. The van der Waals surface area contributed by atoms with Gasteiger partial charge in [-0.15, -0.1) is 0 Å². The summed E-state index contributed by atoms with van der Waals surface area (Å²) >= 11 is 0. The maximum Gasteiger partial charge on any atom is 0.410 e. The summed E-state index contributed by atoms with van der Waals surface area (Å²) in [6.45, 7) is 1.61. The molecule has 0 aromatic heterocycles. The Bertz CT molecular complexity index is 858.